The molecule has 1 N–H and O–H groups in total. The second-order valence-electron chi connectivity index (χ2n) is 3.50. The van der Waals surface area contributed by atoms with Gasteiger partial charge in [-0.15, -0.1) is 0 Å². The van der Waals surface area contributed by atoms with E-state index >= 15 is 0 Å². The maximum Gasteiger partial charge on any atom is 0.152 e. The summed E-state index contributed by atoms with van der Waals surface area (Å²) in [5.74, 6) is 0. The highest BCUT2D eigenvalue weighted by atomic mass is 79.9. The van der Waals surface area contributed by atoms with Crippen LogP contribution in [0.2, 0.25) is 0 Å². The second kappa shape index (κ2) is 3.11. The number of rotatable bonds is 0. The molecule has 0 aliphatic carbocycles. The molecule has 3 heteroatoms. The molecule has 2 nitrogen and oxygen atoms in total. The first-order valence-electron chi connectivity index (χ1n) is 4.71. The van der Waals surface area contributed by atoms with Crippen LogP contribution in [0, 0.1) is 0 Å². The Hall–Kier alpha value is -0.800. The summed E-state index contributed by atoms with van der Waals surface area (Å²) in [7, 11) is 0. The lowest BCUT2D eigenvalue weighted by molar-refractivity contribution is 0.106. The van der Waals surface area contributed by atoms with Gasteiger partial charge in [0.05, 0.1) is 12.3 Å². The molecule has 2 heterocycles. The van der Waals surface area contributed by atoms with Crippen molar-refractivity contribution in [1.82, 2.24) is 4.98 Å². The van der Waals surface area contributed by atoms with Crippen LogP contribution >= 0.6 is 15.9 Å². The number of aromatic amines is 1. The molecule has 0 amide bonds. The lowest BCUT2D eigenvalue weighted by Crippen LogP contribution is -2.10. The van der Waals surface area contributed by atoms with Gasteiger partial charge in [-0.1, -0.05) is 34.1 Å². The Labute approximate surface area is 90.4 Å². The van der Waals surface area contributed by atoms with E-state index in [0.29, 0.717) is 0 Å². The lowest BCUT2D eigenvalue weighted by atomic mass is 10.1. The fourth-order valence-corrected chi connectivity index (χ4v) is 2.61. The van der Waals surface area contributed by atoms with Crippen molar-refractivity contribution < 1.29 is 4.74 Å². The van der Waals surface area contributed by atoms with E-state index in [1.807, 2.05) is 6.07 Å². The molecule has 0 fully saturated rings. The van der Waals surface area contributed by atoms with Crippen molar-refractivity contribution in [2.45, 2.75) is 11.4 Å². The smallest absolute Gasteiger partial charge is 0.152 e. The van der Waals surface area contributed by atoms with Crippen LogP contribution in [-0.2, 0) is 11.2 Å². The fourth-order valence-electron chi connectivity index (χ4n) is 2.03. The minimum Gasteiger partial charge on any atom is -0.360 e. The topological polar surface area (TPSA) is 25.0 Å². The Kier molecular flexibility index (Phi) is 1.89. The summed E-state index contributed by atoms with van der Waals surface area (Å²) >= 11 is 3.51. The summed E-state index contributed by atoms with van der Waals surface area (Å²) in [5.41, 5.74) is 3.78. The quantitative estimate of drug-likeness (QED) is 0.716. The third kappa shape index (κ3) is 1.12. The molecule has 1 aliphatic rings. The van der Waals surface area contributed by atoms with Crippen LogP contribution in [0.15, 0.2) is 24.3 Å². The van der Waals surface area contributed by atoms with Crippen LogP contribution in [0.5, 0.6) is 0 Å². The Morgan fingerprint density at radius 2 is 2.21 bits per heavy atom. The first-order chi connectivity index (χ1) is 6.86. The van der Waals surface area contributed by atoms with Gasteiger partial charge in [-0.25, -0.2) is 0 Å². The molecular weight excluding hydrogens is 242 g/mol. The molecule has 2 aromatic rings. The van der Waals surface area contributed by atoms with E-state index in [-0.39, 0.29) is 5.01 Å². The van der Waals surface area contributed by atoms with E-state index in [1.165, 1.54) is 22.2 Å². The summed E-state index contributed by atoms with van der Waals surface area (Å²) < 4.78 is 5.52. The van der Waals surface area contributed by atoms with Crippen molar-refractivity contribution in [2.24, 2.45) is 0 Å². The van der Waals surface area contributed by atoms with Crippen LogP contribution in [0.1, 0.15) is 16.3 Å². The van der Waals surface area contributed by atoms with Crippen LogP contribution in [0.4, 0.5) is 0 Å². The minimum absolute atomic E-state index is 0.0265. The summed E-state index contributed by atoms with van der Waals surface area (Å²) in [6, 6.07) is 8.40. The standard InChI is InChI=1S/C11H10BrNO/c12-11-10-8(5-6-14-11)7-3-1-2-4-9(7)13-10/h1-4,11,13H,5-6H2. The number of H-pyrrole nitrogens is 1. The number of para-hydroxylation sites is 1. The molecule has 0 spiro atoms. The zero-order valence-electron chi connectivity index (χ0n) is 7.59. The lowest BCUT2D eigenvalue weighted by Gasteiger charge is -2.17. The van der Waals surface area contributed by atoms with Gasteiger partial charge < -0.3 is 9.72 Å². The molecule has 14 heavy (non-hydrogen) atoms. The molecule has 1 aromatic heterocycles. The maximum atomic E-state index is 5.52. The largest absolute Gasteiger partial charge is 0.360 e. The molecule has 3 rings (SSSR count). The normalized spacial score (nSPS) is 21.1. The van der Waals surface area contributed by atoms with E-state index in [1.54, 1.807) is 0 Å². The van der Waals surface area contributed by atoms with Crippen LogP contribution in [0.3, 0.4) is 0 Å². The Balaban J connectivity index is 2.32. The third-order valence-electron chi connectivity index (χ3n) is 2.69. The van der Waals surface area contributed by atoms with Crippen molar-refractivity contribution in [3.63, 3.8) is 0 Å². The average Bonchev–Trinajstić information content (AvgIpc) is 2.59. The van der Waals surface area contributed by atoms with Gasteiger partial charge >= 0.3 is 0 Å². The Morgan fingerprint density at radius 3 is 3.14 bits per heavy atom. The van der Waals surface area contributed by atoms with Crippen LogP contribution in [-0.4, -0.2) is 11.6 Å². The highest BCUT2D eigenvalue weighted by Crippen LogP contribution is 2.35. The van der Waals surface area contributed by atoms with Crippen molar-refractivity contribution >= 4 is 26.8 Å². The molecule has 72 valence electrons. The average molecular weight is 252 g/mol. The Bertz CT molecular complexity index is 477. The molecule has 1 atom stereocenters. The first-order valence-corrected chi connectivity index (χ1v) is 5.63. The van der Waals surface area contributed by atoms with Crippen LogP contribution < -0.4 is 0 Å². The predicted octanol–water partition coefficient (Wildman–Crippen LogP) is 3.13. The van der Waals surface area contributed by atoms with Gasteiger partial charge in [-0.3, -0.25) is 0 Å². The number of ether oxygens (including phenoxy) is 1. The van der Waals surface area contributed by atoms with Crippen LogP contribution in [0.25, 0.3) is 10.9 Å². The molecule has 1 unspecified atom stereocenters. The number of halogens is 1. The molecule has 0 radical (unpaired) electrons. The number of hydrogen-bond donors (Lipinski definition) is 1. The zero-order valence-corrected chi connectivity index (χ0v) is 9.17. The summed E-state index contributed by atoms with van der Waals surface area (Å²) in [6.07, 6.45) is 1.00. The fraction of sp³-hybridized carbons (Fsp3) is 0.273. The van der Waals surface area contributed by atoms with Crippen molar-refractivity contribution in [2.75, 3.05) is 6.61 Å². The number of nitrogens with one attached hydrogen (secondary N) is 1. The van der Waals surface area contributed by atoms with E-state index in [2.05, 4.69) is 39.1 Å². The van der Waals surface area contributed by atoms with E-state index < -0.39 is 0 Å². The van der Waals surface area contributed by atoms with Gasteiger partial charge in [0.2, 0.25) is 0 Å². The minimum atomic E-state index is 0.0265. The second-order valence-corrected chi connectivity index (χ2v) is 4.33. The van der Waals surface area contributed by atoms with Gasteiger partial charge in [-0.05, 0) is 18.1 Å². The SMILES string of the molecule is BrC1OCCc2c1[nH]c1ccccc21. The zero-order chi connectivity index (χ0) is 9.54. The number of hydrogen-bond acceptors (Lipinski definition) is 1. The molecule has 1 aromatic carbocycles. The molecule has 0 saturated carbocycles. The monoisotopic (exact) mass is 251 g/mol. The number of alkyl halides is 1. The van der Waals surface area contributed by atoms with Crippen molar-refractivity contribution in [3.8, 4) is 0 Å². The van der Waals surface area contributed by atoms with E-state index in [9.17, 15) is 0 Å². The number of benzene rings is 1. The Morgan fingerprint density at radius 1 is 1.36 bits per heavy atom. The first kappa shape index (κ1) is 8.50. The van der Waals surface area contributed by atoms with Gasteiger partial charge in [0.25, 0.3) is 0 Å². The van der Waals surface area contributed by atoms with E-state index in [0.717, 1.165) is 13.0 Å². The van der Waals surface area contributed by atoms with Gasteiger partial charge in [0.15, 0.2) is 5.01 Å². The number of aromatic nitrogens is 1. The van der Waals surface area contributed by atoms with Crippen molar-refractivity contribution in [3.05, 3.63) is 35.5 Å². The maximum absolute atomic E-state index is 5.52. The summed E-state index contributed by atoms with van der Waals surface area (Å²) in [6.45, 7) is 0.796. The van der Waals surface area contributed by atoms with Gasteiger partial charge in [0.1, 0.15) is 0 Å². The molecular formula is C11H10BrNO. The van der Waals surface area contributed by atoms with Gasteiger partial charge in [0, 0.05) is 10.9 Å². The highest BCUT2D eigenvalue weighted by Gasteiger charge is 2.22. The van der Waals surface area contributed by atoms with Crippen molar-refractivity contribution in [1.29, 1.82) is 0 Å². The highest BCUT2D eigenvalue weighted by molar-refractivity contribution is 9.09. The molecule has 0 bridgehead atoms. The summed E-state index contributed by atoms with van der Waals surface area (Å²) in [4.78, 5) is 3.39. The van der Waals surface area contributed by atoms with Gasteiger partial charge in [-0.2, -0.15) is 0 Å². The van der Waals surface area contributed by atoms with E-state index in [4.69, 9.17) is 4.74 Å². The third-order valence-corrected chi connectivity index (χ3v) is 3.41. The predicted molar refractivity (Wildman–Crippen MR) is 59.6 cm³/mol. The molecule has 0 saturated heterocycles. The summed E-state index contributed by atoms with van der Waals surface area (Å²) in [5, 5.41) is 1.36. The molecule has 1 aliphatic heterocycles. The number of fused-ring (bicyclic) bond motifs is 3.